The van der Waals surface area contributed by atoms with Gasteiger partial charge in [0.1, 0.15) is 5.75 Å². The number of carbonyl (C=O) groups is 1. The van der Waals surface area contributed by atoms with E-state index in [0.29, 0.717) is 19.6 Å². The highest BCUT2D eigenvalue weighted by molar-refractivity contribution is 5.93. The Morgan fingerprint density at radius 3 is 2.71 bits per heavy atom. The van der Waals surface area contributed by atoms with Crippen LogP contribution in [0.5, 0.6) is 5.75 Å². The summed E-state index contributed by atoms with van der Waals surface area (Å²) in [5.41, 5.74) is 7.26. The molecule has 0 spiro atoms. The summed E-state index contributed by atoms with van der Waals surface area (Å²) in [7, 11) is 1.76. The first-order chi connectivity index (χ1) is 8.10. The van der Waals surface area contributed by atoms with Crippen LogP contribution in [0.2, 0.25) is 0 Å². The number of ether oxygens (including phenoxy) is 1. The van der Waals surface area contributed by atoms with Gasteiger partial charge in [-0.15, -0.1) is 0 Å². The largest absolute Gasteiger partial charge is 0.494 e. The van der Waals surface area contributed by atoms with Crippen LogP contribution >= 0.6 is 0 Å². The van der Waals surface area contributed by atoms with Gasteiger partial charge in [0, 0.05) is 25.7 Å². The predicted molar refractivity (Wildman–Crippen MR) is 69.4 cm³/mol. The van der Waals surface area contributed by atoms with Crippen LogP contribution in [-0.4, -0.2) is 26.1 Å². The molecule has 0 atom stereocenters. The molecule has 0 aliphatic carbocycles. The van der Waals surface area contributed by atoms with Crippen LogP contribution in [0.3, 0.4) is 0 Å². The maximum Gasteiger partial charge on any atom is 0.227 e. The van der Waals surface area contributed by atoms with Crippen molar-refractivity contribution in [2.24, 2.45) is 5.73 Å². The number of anilines is 1. The van der Waals surface area contributed by atoms with E-state index in [1.54, 1.807) is 11.9 Å². The highest BCUT2D eigenvalue weighted by Gasteiger charge is 2.11. The number of amides is 1. The molecule has 0 radical (unpaired) electrons. The molecule has 4 heteroatoms. The number of rotatable bonds is 5. The lowest BCUT2D eigenvalue weighted by atomic mass is 10.2. The average Bonchev–Trinajstić information content (AvgIpc) is 2.31. The number of benzene rings is 1. The molecule has 1 aromatic carbocycles. The fraction of sp³-hybridized carbons (Fsp3) is 0.462. The van der Waals surface area contributed by atoms with E-state index in [4.69, 9.17) is 10.5 Å². The third-order valence-corrected chi connectivity index (χ3v) is 2.58. The molecule has 17 heavy (non-hydrogen) atoms. The second-order valence-electron chi connectivity index (χ2n) is 3.87. The predicted octanol–water partition coefficient (Wildman–Crippen LogP) is 1.71. The van der Waals surface area contributed by atoms with Gasteiger partial charge >= 0.3 is 0 Å². The van der Waals surface area contributed by atoms with E-state index in [-0.39, 0.29) is 5.91 Å². The molecule has 1 amide bonds. The summed E-state index contributed by atoms with van der Waals surface area (Å²) in [6.07, 6.45) is 0.364. The summed E-state index contributed by atoms with van der Waals surface area (Å²) < 4.78 is 5.46. The van der Waals surface area contributed by atoms with Gasteiger partial charge in [-0.25, -0.2) is 0 Å². The van der Waals surface area contributed by atoms with Crippen molar-refractivity contribution < 1.29 is 9.53 Å². The summed E-state index contributed by atoms with van der Waals surface area (Å²) in [4.78, 5) is 13.3. The van der Waals surface area contributed by atoms with Crippen molar-refractivity contribution >= 4 is 11.6 Å². The quantitative estimate of drug-likeness (QED) is 0.846. The first-order valence-electron chi connectivity index (χ1n) is 5.80. The molecular weight excluding hydrogens is 216 g/mol. The van der Waals surface area contributed by atoms with Crippen molar-refractivity contribution in [2.45, 2.75) is 20.3 Å². The minimum atomic E-state index is 0.0241. The standard InChI is InChI=1S/C13H20N2O2/c1-4-17-12-6-5-11(9-10(12)2)15(3)13(16)7-8-14/h5-6,9H,4,7-8,14H2,1-3H3. The summed E-state index contributed by atoms with van der Waals surface area (Å²) in [5.74, 6) is 0.881. The first kappa shape index (κ1) is 13.5. The minimum absolute atomic E-state index is 0.0241. The zero-order chi connectivity index (χ0) is 12.8. The molecule has 0 aromatic heterocycles. The van der Waals surface area contributed by atoms with Crippen LogP contribution < -0.4 is 15.4 Å². The lowest BCUT2D eigenvalue weighted by Crippen LogP contribution is -2.28. The van der Waals surface area contributed by atoms with Crippen molar-refractivity contribution in [3.63, 3.8) is 0 Å². The van der Waals surface area contributed by atoms with E-state index in [0.717, 1.165) is 17.0 Å². The van der Waals surface area contributed by atoms with E-state index in [1.807, 2.05) is 32.0 Å². The number of aryl methyl sites for hydroxylation is 1. The van der Waals surface area contributed by atoms with Gasteiger partial charge < -0.3 is 15.4 Å². The Bertz CT molecular complexity index is 391. The lowest BCUT2D eigenvalue weighted by molar-refractivity contribution is -0.118. The number of nitrogens with two attached hydrogens (primary N) is 1. The van der Waals surface area contributed by atoms with Crippen LogP contribution in [0.15, 0.2) is 18.2 Å². The Labute approximate surface area is 102 Å². The highest BCUT2D eigenvalue weighted by atomic mass is 16.5. The zero-order valence-electron chi connectivity index (χ0n) is 10.7. The highest BCUT2D eigenvalue weighted by Crippen LogP contribution is 2.24. The van der Waals surface area contributed by atoms with Gasteiger partial charge in [-0.1, -0.05) is 0 Å². The van der Waals surface area contributed by atoms with Crippen LogP contribution in [0.25, 0.3) is 0 Å². The Morgan fingerprint density at radius 1 is 1.47 bits per heavy atom. The zero-order valence-corrected chi connectivity index (χ0v) is 10.7. The Kier molecular flexibility index (Phi) is 4.97. The summed E-state index contributed by atoms with van der Waals surface area (Å²) in [6, 6.07) is 5.71. The average molecular weight is 236 g/mol. The van der Waals surface area contributed by atoms with Crippen LogP contribution in [0.4, 0.5) is 5.69 Å². The van der Waals surface area contributed by atoms with Gasteiger partial charge in [-0.2, -0.15) is 0 Å². The van der Waals surface area contributed by atoms with Crippen molar-refractivity contribution in [2.75, 3.05) is 25.1 Å². The van der Waals surface area contributed by atoms with Gasteiger partial charge in [0.2, 0.25) is 5.91 Å². The van der Waals surface area contributed by atoms with E-state index in [9.17, 15) is 4.79 Å². The molecule has 0 fully saturated rings. The molecule has 0 aliphatic heterocycles. The molecule has 2 N–H and O–H groups in total. The molecule has 0 heterocycles. The summed E-state index contributed by atoms with van der Waals surface area (Å²) in [5, 5.41) is 0. The molecule has 0 unspecified atom stereocenters. The Hall–Kier alpha value is -1.55. The molecule has 1 aromatic rings. The second-order valence-corrected chi connectivity index (χ2v) is 3.87. The minimum Gasteiger partial charge on any atom is -0.494 e. The van der Waals surface area contributed by atoms with Crippen molar-refractivity contribution in [1.82, 2.24) is 0 Å². The second kappa shape index (κ2) is 6.25. The number of hydrogen-bond acceptors (Lipinski definition) is 3. The summed E-state index contributed by atoms with van der Waals surface area (Å²) >= 11 is 0. The van der Waals surface area contributed by atoms with Crippen LogP contribution in [0.1, 0.15) is 18.9 Å². The monoisotopic (exact) mass is 236 g/mol. The molecule has 0 saturated heterocycles. The topological polar surface area (TPSA) is 55.6 Å². The van der Waals surface area contributed by atoms with Gasteiger partial charge in [-0.05, 0) is 37.6 Å². The SMILES string of the molecule is CCOc1ccc(N(C)C(=O)CCN)cc1C. The van der Waals surface area contributed by atoms with E-state index < -0.39 is 0 Å². The first-order valence-corrected chi connectivity index (χ1v) is 5.80. The molecule has 0 aliphatic rings. The molecular formula is C13H20N2O2. The van der Waals surface area contributed by atoms with Crippen LogP contribution in [0, 0.1) is 6.92 Å². The fourth-order valence-corrected chi connectivity index (χ4v) is 1.59. The number of nitrogens with zero attached hydrogens (tertiary/aromatic N) is 1. The normalized spacial score (nSPS) is 10.1. The number of hydrogen-bond donors (Lipinski definition) is 1. The third kappa shape index (κ3) is 3.46. The smallest absolute Gasteiger partial charge is 0.227 e. The van der Waals surface area contributed by atoms with E-state index in [2.05, 4.69) is 0 Å². The molecule has 4 nitrogen and oxygen atoms in total. The van der Waals surface area contributed by atoms with Gasteiger partial charge in [0.05, 0.1) is 6.61 Å². The fourth-order valence-electron chi connectivity index (χ4n) is 1.59. The maximum absolute atomic E-state index is 11.7. The van der Waals surface area contributed by atoms with Gasteiger partial charge in [-0.3, -0.25) is 4.79 Å². The molecule has 0 bridgehead atoms. The lowest BCUT2D eigenvalue weighted by Gasteiger charge is -2.18. The van der Waals surface area contributed by atoms with Crippen LogP contribution in [-0.2, 0) is 4.79 Å². The van der Waals surface area contributed by atoms with Gasteiger partial charge in [0.25, 0.3) is 0 Å². The van der Waals surface area contributed by atoms with Gasteiger partial charge in [0.15, 0.2) is 0 Å². The Morgan fingerprint density at radius 2 is 2.18 bits per heavy atom. The third-order valence-electron chi connectivity index (χ3n) is 2.58. The Balaban J connectivity index is 2.85. The summed E-state index contributed by atoms with van der Waals surface area (Å²) in [6.45, 7) is 4.93. The maximum atomic E-state index is 11.7. The molecule has 1 rings (SSSR count). The van der Waals surface area contributed by atoms with Crippen molar-refractivity contribution in [1.29, 1.82) is 0 Å². The molecule has 94 valence electrons. The number of carbonyl (C=O) groups excluding carboxylic acids is 1. The van der Waals surface area contributed by atoms with E-state index >= 15 is 0 Å². The van der Waals surface area contributed by atoms with E-state index in [1.165, 1.54) is 0 Å². The van der Waals surface area contributed by atoms with Crippen molar-refractivity contribution in [3.8, 4) is 5.75 Å². The molecule has 0 saturated carbocycles. The van der Waals surface area contributed by atoms with Crippen molar-refractivity contribution in [3.05, 3.63) is 23.8 Å².